The van der Waals surface area contributed by atoms with Gasteiger partial charge in [-0.25, -0.2) is 14.8 Å². The van der Waals surface area contributed by atoms with Crippen molar-refractivity contribution < 1.29 is 9.53 Å². The molecule has 0 aromatic carbocycles. The first kappa shape index (κ1) is 14.8. The fourth-order valence-corrected chi connectivity index (χ4v) is 2.54. The highest BCUT2D eigenvalue weighted by atomic mass is 35.5. The minimum atomic E-state index is -0.271. The zero-order valence-electron chi connectivity index (χ0n) is 11.6. The predicted molar refractivity (Wildman–Crippen MR) is 76.7 cm³/mol. The number of amides is 1. The predicted octanol–water partition coefficient (Wildman–Crippen LogP) is 2.19. The summed E-state index contributed by atoms with van der Waals surface area (Å²) in [4.78, 5) is 21.7. The Morgan fingerprint density at radius 1 is 1.35 bits per heavy atom. The minimum absolute atomic E-state index is 0.228. The van der Waals surface area contributed by atoms with Crippen LogP contribution in [0.1, 0.15) is 30.7 Å². The number of piperidine rings is 1. The number of nitrogens with two attached hydrogens (primary N) is 1. The lowest BCUT2D eigenvalue weighted by Gasteiger charge is -2.25. The third-order valence-electron chi connectivity index (χ3n) is 3.29. The topological polar surface area (TPSA) is 81.3 Å². The van der Waals surface area contributed by atoms with Gasteiger partial charge in [-0.15, -0.1) is 0 Å². The quantitative estimate of drug-likeness (QED) is 0.865. The number of ether oxygens (including phenoxy) is 1. The van der Waals surface area contributed by atoms with Crippen LogP contribution in [0.4, 0.5) is 10.6 Å². The van der Waals surface area contributed by atoms with E-state index in [0.29, 0.717) is 28.8 Å². The molecule has 6 nitrogen and oxygen atoms in total. The average Bonchev–Trinajstić information content (AvgIpc) is 2.42. The zero-order chi connectivity index (χ0) is 14.5. The van der Waals surface area contributed by atoms with Crippen LogP contribution in [0.15, 0.2) is 0 Å². The number of nitrogen functional groups attached to an aromatic ring is 1. The molecule has 0 atom stereocenters. The van der Waals surface area contributed by atoms with E-state index < -0.39 is 0 Å². The third kappa shape index (κ3) is 3.72. The Balaban J connectivity index is 1.85. The summed E-state index contributed by atoms with van der Waals surface area (Å²) >= 11 is 6.02. The maximum Gasteiger partial charge on any atom is 0.409 e. The number of hydrogen-bond acceptors (Lipinski definition) is 5. The molecule has 0 bridgehead atoms. The van der Waals surface area contributed by atoms with Crippen LogP contribution < -0.4 is 5.73 Å². The lowest BCUT2D eigenvalue weighted by molar-refractivity contribution is 0.0962. The van der Waals surface area contributed by atoms with Crippen LogP contribution in [-0.4, -0.2) is 40.7 Å². The molecule has 0 radical (unpaired) electrons. The van der Waals surface area contributed by atoms with Crippen LogP contribution in [0.5, 0.6) is 0 Å². The molecule has 1 aliphatic heterocycles. The molecular weight excluding hydrogens is 280 g/mol. The molecule has 7 heteroatoms. The summed E-state index contributed by atoms with van der Waals surface area (Å²) in [6, 6.07) is 0. The second-order valence-corrected chi connectivity index (χ2v) is 5.20. The van der Waals surface area contributed by atoms with E-state index in [1.54, 1.807) is 11.8 Å². The number of carbonyl (C=O) groups excluding carboxylic acids is 1. The highest BCUT2D eigenvalue weighted by molar-refractivity contribution is 6.30. The fraction of sp³-hybridized carbons (Fsp3) is 0.615. The van der Waals surface area contributed by atoms with Gasteiger partial charge in [-0.05, 0) is 26.2 Å². The van der Waals surface area contributed by atoms with Crippen LogP contribution in [0.3, 0.4) is 0 Å². The molecule has 0 unspecified atom stereocenters. The highest BCUT2D eigenvalue weighted by Gasteiger charge is 2.18. The molecule has 110 valence electrons. The second kappa shape index (κ2) is 6.74. The molecule has 2 rings (SSSR count). The van der Waals surface area contributed by atoms with Crippen molar-refractivity contribution in [2.75, 3.05) is 25.4 Å². The number of hydrogen-bond donors (Lipinski definition) is 1. The molecule has 1 aromatic rings. The summed E-state index contributed by atoms with van der Waals surface area (Å²) in [5.41, 5.74) is 6.42. The van der Waals surface area contributed by atoms with Crippen molar-refractivity contribution in [3.8, 4) is 0 Å². The Morgan fingerprint density at radius 2 is 2.05 bits per heavy atom. The lowest BCUT2D eigenvalue weighted by Crippen LogP contribution is -2.36. The summed E-state index contributed by atoms with van der Waals surface area (Å²) in [5, 5.41) is 0.323. The number of halogens is 1. The average molecular weight is 299 g/mol. The van der Waals surface area contributed by atoms with Gasteiger partial charge < -0.3 is 15.4 Å². The summed E-state index contributed by atoms with van der Waals surface area (Å²) in [6.45, 7) is 3.50. The van der Waals surface area contributed by atoms with Gasteiger partial charge >= 0.3 is 6.09 Å². The second-order valence-electron chi connectivity index (χ2n) is 4.84. The normalized spacial score (nSPS) is 15.2. The minimum Gasteiger partial charge on any atom is -0.449 e. The maximum atomic E-state index is 11.8. The van der Waals surface area contributed by atoms with Crippen LogP contribution in [0, 0.1) is 6.92 Å². The van der Waals surface area contributed by atoms with E-state index in [9.17, 15) is 4.79 Å². The van der Waals surface area contributed by atoms with Crippen molar-refractivity contribution in [3.63, 3.8) is 0 Å². The molecule has 20 heavy (non-hydrogen) atoms. The Kier molecular flexibility index (Phi) is 5.00. The maximum absolute atomic E-state index is 11.8. The van der Waals surface area contributed by atoms with Gasteiger partial charge in [0.15, 0.2) is 0 Å². The fourth-order valence-electron chi connectivity index (χ4n) is 2.22. The molecule has 1 aliphatic rings. The Hall–Kier alpha value is -1.56. The molecule has 1 amide bonds. The molecule has 2 heterocycles. The third-order valence-corrected chi connectivity index (χ3v) is 3.60. The zero-order valence-corrected chi connectivity index (χ0v) is 12.3. The first-order valence-electron chi connectivity index (χ1n) is 6.78. The van der Waals surface area contributed by atoms with Crippen molar-refractivity contribution in [3.05, 3.63) is 16.5 Å². The number of carbonyl (C=O) groups is 1. The molecule has 1 fully saturated rings. The van der Waals surface area contributed by atoms with Crippen molar-refractivity contribution in [1.82, 2.24) is 14.9 Å². The number of rotatable bonds is 3. The lowest BCUT2D eigenvalue weighted by atomic mass is 10.1. The Morgan fingerprint density at radius 3 is 2.70 bits per heavy atom. The van der Waals surface area contributed by atoms with Crippen molar-refractivity contribution in [1.29, 1.82) is 0 Å². The number of nitrogens with zero attached hydrogens (tertiary/aromatic N) is 3. The number of aromatic nitrogens is 2. The molecule has 0 saturated carbocycles. The van der Waals surface area contributed by atoms with E-state index in [0.717, 1.165) is 25.9 Å². The van der Waals surface area contributed by atoms with Crippen LogP contribution in [-0.2, 0) is 11.2 Å². The SMILES string of the molecule is Cc1nc(N)c(CCOC(=O)N2CCCCC2)c(Cl)n1. The van der Waals surface area contributed by atoms with Gasteiger partial charge in [0.2, 0.25) is 0 Å². The molecule has 2 N–H and O–H groups in total. The largest absolute Gasteiger partial charge is 0.449 e. The number of aryl methyl sites for hydroxylation is 1. The van der Waals surface area contributed by atoms with E-state index in [4.69, 9.17) is 22.1 Å². The van der Waals surface area contributed by atoms with E-state index in [2.05, 4.69) is 9.97 Å². The van der Waals surface area contributed by atoms with Gasteiger partial charge in [0.1, 0.15) is 16.8 Å². The molecule has 0 aliphatic carbocycles. The summed E-state index contributed by atoms with van der Waals surface area (Å²) < 4.78 is 5.24. The Labute approximate surface area is 123 Å². The van der Waals surface area contributed by atoms with Crippen LogP contribution in [0.25, 0.3) is 0 Å². The van der Waals surface area contributed by atoms with Gasteiger partial charge in [-0.2, -0.15) is 0 Å². The van der Waals surface area contributed by atoms with Crippen molar-refractivity contribution in [2.24, 2.45) is 0 Å². The smallest absolute Gasteiger partial charge is 0.409 e. The van der Waals surface area contributed by atoms with E-state index in [1.807, 2.05) is 0 Å². The van der Waals surface area contributed by atoms with Crippen LogP contribution >= 0.6 is 11.6 Å². The van der Waals surface area contributed by atoms with E-state index in [-0.39, 0.29) is 12.7 Å². The van der Waals surface area contributed by atoms with Gasteiger partial charge in [0, 0.05) is 25.1 Å². The van der Waals surface area contributed by atoms with Gasteiger partial charge in [-0.3, -0.25) is 0 Å². The highest BCUT2D eigenvalue weighted by Crippen LogP contribution is 2.19. The summed E-state index contributed by atoms with van der Waals surface area (Å²) in [5.74, 6) is 0.873. The van der Waals surface area contributed by atoms with Gasteiger partial charge in [0.05, 0.1) is 6.61 Å². The molecule has 0 spiro atoms. The summed E-state index contributed by atoms with van der Waals surface area (Å²) in [6.07, 6.45) is 3.41. The molecular formula is C13H19ClN4O2. The van der Waals surface area contributed by atoms with E-state index >= 15 is 0 Å². The van der Waals surface area contributed by atoms with Gasteiger partial charge in [-0.1, -0.05) is 11.6 Å². The number of anilines is 1. The molecule has 1 aromatic heterocycles. The van der Waals surface area contributed by atoms with E-state index in [1.165, 1.54) is 6.42 Å². The monoisotopic (exact) mass is 298 g/mol. The summed E-state index contributed by atoms with van der Waals surface area (Å²) in [7, 11) is 0. The van der Waals surface area contributed by atoms with Crippen molar-refractivity contribution >= 4 is 23.5 Å². The number of likely N-dealkylation sites (tertiary alicyclic amines) is 1. The standard InChI is InChI=1S/C13H19ClN4O2/c1-9-16-11(14)10(12(15)17-9)5-8-20-13(19)18-6-3-2-4-7-18/h2-8H2,1H3,(H2,15,16,17). The Bertz CT molecular complexity index is 466. The van der Waals surface area contributed by atoms with Crippen LogP contribution in [0.2, 0.25) is 5.15 Å². The van der Waals surface area contributed by atoms with Gasteiger partial charge in [0.25, 0.3) is 0 Å². The first-order valence-corrected chi connectivity index (χ1v) is 7.16. The first-order chi connectivity index (χ1) is 9.58. The molecule has 1 saturated heterocycles. The van der Waals surface area contributed by atoms with Crippen molar-refractivity contribution in [2.45, 2.75) is 32.6 Å².